The molecule has 0 heterocycles. The number of benzene rings is 1. The summed E-state index contributed by atoms with van der Waals surface area (Å²) in [5, 5.41) is 10.2. The molecule has 0 aromatic heterocycles. The lowest BCUT2D eigenvalue weighted by atomic mass is 10.1. The Hall–Kier alpha value is -0.820. The standard InChI is InChI=1S/C12H17O/c13-11-7-2-1-4-8-12-9-5-3-6-10-12/h3,5-6,9-10H,1-2,4,7-8,11H2. The van der Waals surface area contributed by atoms with Gasteiger partial charge in [0.25, 0.3) is 0 Å². The van der Waals surface area contributed by atoms with Crippen LogP contribution in [0.15, 0.2) is 30.3 Å². The number of aryl methyl sites for hydroxylation is 1. The highest BCUT2D eigenvalue weighted by molar-refractivity contribution is 5.14. The van der Waals surface area contributed by atoms with Gasteiger partial charge in [-0.3, -0.25) is 0 Å². The van der Waals surface area contributed by atoms with Crippen molar-refractivity contribution in [1.29, 1.82) is 0 Å². The summed E-state index contributed by atoms with van der Waals surface area (Å²) in [4.78, 5) is 0. The van der Waals surface area contributed by atoms with E-state index in [1.54, 1.807) is 0 Å². The highest BCUT2D eigenvalue weighted by atomic mass is 16.2. The molecule has 71 valence electrons. The van der Waals surface area contributed by atoms with Gasteiger partial charge in [-0.05, 0) is 24.8 Å². The Morgan fingerprint density at radius 3 is 2.23 bits per heavy atom. The zero-order valence-electron chi connectivity index (χ0n) is 8.04. The predicted octanol–water partition coefficient (Wildman–Crippen LogP) is 3.22. The molecule has 0 aliphatic rings. The number of hydrogen-bond acceptors (Lipinski definition) is 0. The summed E-state index contributed by atoms with van der Waals surface area (Å²) in [6.45, 7) is 0.0886. The fraction of sp³-hybridized carbons (Fsp3) is 0.500. The first-order valence-electron chi connectivity index (χ1n) is 5.05. The van der Waals surface area contributed by atoms with Crippen LogP contribution < -0.4 is 0 Å². The second kappa shape index (κ2) is 6.67. The quantitative estimate of drug-likeness (QED) is 0.594. The molecule has 1 nitrogen and oxygen atoms in total. The van der Waals surface area contributed by atoms with Gasteiger partial charge in [-0.1, -0.05) is 43.2 Å². The first kappa shape index (κ1) is 10.3. The van der Waals surface area contributed by atoms with E-state index >= 15 is 0 Å². The van der Waals surface area contributed by atoms with Crippen LogP contribution in [0.1, 0.15) is 31.2 Å². The van der Waals surface area contributed by atoms with Crippen molar-refractivity contribution >= 4 is 0 Å². The summed E-state index contributed by atoms with van der Waals surface area (Å²) in [6.07, 6.45) is 5.49. The van der Waals surface area contributed by atoms with E-state index in [0.717, 1.165) is 19.3 Å². The van der Waals surface area contributed by atoms with E-state index in [2.05, 4.69) is 24.3 Å². The smallest absolute Gasteiger partial charge is 0.0822 e. The van der Waals surface area contributed by atoms with Crippen molar-refractivity contribution in [2.24, 2.45) is 0 Å². The summed E-state index contributed by atoms with van der Waals surface area (Å²) in [5.74, 6) is 0. The zero-order chi connectivity index (χ0) is 9.36. The van der Waals surface area contributed by atoms with Gasteiger partial charge in [-0.2, -0.15) is 0 Å². The Labute approximate surface area is 80.4 Å². The summed E-state index contributed by atoms with van der Waals surface area (Å²) in [7, 11) is 0. The summed E-state index contributed by atoms with van der Waals surface area (Å²) in [5.41, 5.74) is 1.41. The largest absolute Gasteiger partial charge is 0.237 e. The highest BCUT2D eigenvalue weighted by Gasteiger charge is 1.92. The van der Waals surface area contributed by atoms with E-state index in [0.29, 0.717) is 0 Å². The lowest BCUT2D eigenvalue weighted by Crippen LogP contribution is -1.86. The van der Waals surface area contributed by atoms with Crippen LogP contribution in [0.25, 0.3) is 0 Å². The lowest BCUT2D eigenvalue weighted by molar-refractivity contribution is 0.186. The van der Waals surface area contributed by atoms with E-state index in [4.69, 9.17) is 0 Å². The van der Waals surface area contributed by atoms with Gasteiger partial charge in [0.1, 0.15) is 0 Å². The number of hydrogen-bond donors (Lipinski definition) is 0. The molecule has 1 aromatic rings. The molecule has 0 amide bonds. The van der Waals surface area contributed by atoms with Gasteiger partial charge >= 0.3 is 0 Å². The van der Waals surface area contributed by atoms with Crippen LogP contribution in [-0.2, 0) is 11.5 Å². The van der Waals surface area contributed by atoms with Gasteiger partial charge < -0.3 is 0 Å². The first-order valence-corrected chi connectivity index (χ1v) is 5.05. The average molecular weight is 177 g/mol. The second-order valence-corrected chi connectivity index (χ2v) is 3.35. The van der Waals surface area contributed by atoms with Crippen LogP contribution in [0, 0.1) is 0 Å². The van der Waals surface area contributed by atoms with E-state index < -0.39 is 0 Å². The molecule has 0 unspecified atom stereocenters. The van der Waals surface area contributed by atoms with Crippen molar-refractivity contribution in [3.05, 3.63) is 35.9 Å². The lowest BCUT2D eigenvalue weighted by Gasteiger charge is -2.00. The molecular formula is C12H17O. The van der Waals surface area contributed by atoms with Crippen LogP contribution in [0.5, 0.6) is 0 Å². The van der Waals surface area contributed by atoms with Crippen LogP contribution in [0.4, 0.5) is 0 Å². The third kappa shape index (κ3) is 4.69. The minimum absolute atomic E-state index is 0.0886. The minimum atomic E-state index is 0.0886. The van der Waals surface area contributed by atoms with E-state index in [-0.39, 0.29) is 6.61 Å². The molecule has 0 fully saturated rings. The Morgan fingerprint density at radius 1 is 0.846 bits per heavy atom. The minimum Gasteiger partial charge on any atom is -0.237 e. The molecule has 0 aliphatic carbocycles. The SMILES string of the molecule is [O]CCCCCCc1ccccc1. The average Bonchev–Trinajstić information content (AvgIpc) is 2.19. The van der Waals surface area contributed by atoms with Crippen molar-refractivity contribution in [3.63, 3.8) is 0 Å². The van der Waals surface area contributed by atoms with Gasteiger partial charge in [0.05, 0.1) is 6.61 Å². The highest BCUT2D eigenvalue weighted by Crippen LogP contribution is 2.06. The molecule has 0 spiro atoms. The van der Waals surface area contributed by atoms with E-state index in [1.807, 2.05) is 6.07 Å². The second-order valence-electron chi connectivity index (χ2n) is 3.35. The first-order chi connectivity index (χ1) is 6.43. The predicted molar refractivity (Wildman–Crippen MR) is 54.2 cm³/mol. The van der Waals surface area contributed by atoms with Crippen molar-refractivity contribution in [1.82, 2.24) is 0 Å². The maximum Gasteiger partial charge on any atom is 0.0822 e. The van der Waals surface area contributed by atoms with Crippen molar-refractivity contribution in [2.75, 3.05) is 6.61 Å². The fourth-order valence-electron chi connectivity index (χ4n) is 1.43. The molecule has 1 aromatic carbocycles. The third-order valence-corrected chi connectivity index (χ3v) is 2.20. The Balaban J connectivity index is 2.07. The molecule has 0 bridgehead atoms. The topological polar surface area (TPSA) is 19.9 Å². The molecular weight excluding hydrogens is 160 g/mol. The van der Waals surface area contributed by atoms with Crippen LogP contribution in [-0.4, -0.2) is 6.61 Å². The Bertz CT molecular complexity index is 206. The molecule has 13 heavy (non-hydrogen) atoms. The van der Waals surface area contributed by atoms with Crippen molar-refractivity contribution in [2.45, 2.75) is 32.1 Å². The normalized spacial score (nSPS) is 10.2. The monoisotopic (exact) mass is 177 g/mol. The van der Waals surface area contributed by atoms with Gasteiger partial charge in [0.15, 0.2) is 0 Å². The van der Waals surface area contributed by atoms with Crippen molar-refractivity contribution < 1.29 is 5.11 Å². The molecule has 0 aliphatic heterocycles. The van der Waals surface area contributed by atoms with Gasteiger partial charge in [-0.25, -0.2) is 5.11 Å². The molecule has 0 saturated heterocycles. The molecule has 1 heteroatoms. The molecule has 1 radical (unpaired) electrons. The van der Waals surface area contributed by atoms with Gasteiger partial charge in [0, 0.05) is 0 Å². The van der Waals surface area contributed by atoms with Gasteiger partial charge in [-0.15, -0.1) is 0 Å². The Kier molecular flexibility index (Phi) is 5.27. The molecule has 0 N–H and O–H groups in total. The van der Waals surface area contributed by atoms with Crippen LogP contribution in [0.3, 0.4) is 0 Å². The molecule has 0 saturated carbocycles. The maximum atomic E-state index is 10.2. The van der Waals surface area contributed by atoms with Crippen molar-refractivity contribution in [3.8, 4) is 0 Å². The fourth-order valence-corrected chi connectivity index (χ4v) is 1.43. The van der Waals surface area contributed by atoms with Gasteiger partial charge in [0.2, 0.25) is 0 Å². The van der Waals surface area contributed by atoms with E-state index in [1.165, 1.54) is 18.4 Å². The summed E-state index contributed by atoms with van der Waals surface area (Å²) < 4.78 is 0. The van der Waals surface area contributed by atoms with Crippen LogP contribution in [0.2, 0.25) is 0 Å². The zero-order valence-corrected chi connectivity index (χ0v) is 8.04. The number of rotatable bonds is 6. The third-order valence-electron chi connectivity index (χ3n) is 2.20. The summed E-state index contributed by atoms with van der Waals surface area (Å²) >= 11 is 0. The maximum absolute atomic E-state index is 10.2. The van der Waals surface area contributed by atoms with Crippen LogP contribution >= 0.6 is 0 Å². The molecule has 0 atom stereocenters. The number of unbranched alkanes of at least 4 members (excludes halogenated alkanes) is 3. The summed E-state index contributed by atoms with van der Waals surface area (Å²) in [6, 6.07) is 10.5. The molecule has 1 rings (SSSR count). The Morgan fingerprint density at radius 2 is 1.54 bits per heavy atom. The van der Waals surface area contributed by atoms with E-state index in [9.17, 15) is 5.11 Å².